The van der Waals surface area contributed by atoms with Crippen molar-refractivity contribution in [2.75, 3.05) is 26.3 Å². The predicted molar refractivity (Wildman–Crippen MR) is 73.6 cm³/mol. The summed E-state index contributed by atoms with van der Waals surface area (Å²) in [5, 5.41) is 8.98. The summed E-state index contributed by atoms with van der Waals surface area (Å²) in [5.74, 6) is -0.292. The number of fused-ring (bicyclic) bond motifs is 1. The zero-order valence-corrected chi connectivity index (χ0v) is 11.7. The molecule has 1 N–H and O–H groups in total. The third kappa shape index (κ3) is 2.41. The van der Waals surface area contributed by atoms with Gasteiger partial charge < -0.3 is 19.5 Å². The Kier molecular flexibility index (Phi) is 3.45. The number of ether oxygens (including phenoxy) is 2. The fraction of sp³-hybridized carbons (Fsp3) is 0.467. The van der Waals surface area contributed by atoms with Gasteiger partial charge in [-0.3, -0.25) is 9.59 Å². The summed E-state index contributed by atoms with van der Waals surface area (Å²) < 4.78 is 11.0. The van der Waals surface area contributed by atoms with Crippen LogP contribution in [0.15, 0.2) is 18.2 Å². The van der Waals surface area contributed by atoms with Gasteiger partial charge in [0, 0.05) is 19.0 Å². The van der Waals surface area contributed by atoms with Gasteiger partial charge in [-0.2, -0.15) is 0 Å². The Labute approximate surface area is 122 Å². The first-order valence-corrected chi connectivity index (χ1v) is 6.98. The van der Waals surface area contributed by atoms with Crippen molar-refractivity contribution < 1.29 is 24.2 Å². The summed E-state index contributed by atoms with van der Waals surface area (Å²) in [5.41, 5.74) is 0.480. The SMILES string of the molecule is CC(C(=O)O)C1CN(C(=O)c2cccc3c2OCCO3)C1. The van der Waals surface area contributed by atoms with Crippen molar-refractivity contribution in [1.82, 2.24) is 4.90 Å². The van der Waals surface area contributed by atoms with E-state index in [2.05, 4.69) is 0 Å². The lowest BCUT2D eigenvalue weighted by Gasteiger charge is -2.41. The van der Waals surface area contributed by atoms with Gasteiger partial charge in [0.1, 0.15) is 13.2 Å². The van der Waals surface area contributed by atoms with Crippen molar-refractivity contribution in [3.05, 3.63) is 23.8 Å². The van der Waals surface area contributed by atoms with Crippen LogP contribution in [0.4, 0.5) is 0 Å². The highest BCUT2D eigenvalue weighted by atomic mass is 16.6. The molecule has 1 unspecified atom stereocenters. The van der Waals surface area contributed by atoms with Crippen LogP contribution in [0.1, 0.15) is 17.3 Å². The van der Waals surface area contributed by atoms with Gasteiger partial charge in [-0.25, -0.2) is 0 Å². The zero-order chi connectivity index (χ0) is 15.0. The second-order valence-electron chi connectivity index (χ2n) is 5.43. The molecule has 112 valence electrons. The van der Waals surface area contributed by atoms with E-state index in [4.69, 9.17) is 14.6 Å². The lowest BCUT2D eigenvalue weighted by Crippen LogP contribution is -2.53. The quantitative estimate of drug-likeness (QED) is 0.907. The van der Waals surface area contributed by atoms with Crippen molar-refractivity contribution in [2.24, 2.45) is 11.8 Å². The summed E-state index contributed by atoms with van der Waals surface area (Å²) >= 11 is 0. The number of hydrogen-bond donors (Lipinski definition) is 1. The highest BCUT2D eigenvalue weighted by Crippen LogP contribution is 2.35. The second kappa shape index (κ2) is 5.27. The molecule has 1 amide bonds. The van der Waals surface area contributed by atoms with Gasteiger partial charge in [-0.1, -0.05) is 13.0 Å². The molecule has 0 aromatic heterocycles. The summed E-state index contributed by atoms with van der Waals surface area (Å²) in [6.45, 7) is 3.52. The van der Waals surface area contributed by atoms with Crippen molar-refractivity contribution in [1.29, 1.82) is 0 Å². The predicted octanol–water partition coefficient (Wildman–Crippen LogP) is 1.25. The molecule has 6 nitrogen and oxygen atoms in total. The van der Waals surface area contributed by atoms with E-state index in [1.54, 1.807) is 30.0 Å². The number of nitrogens with zero attached hydrogens (tertiary/aromatic N) is 1. The monoisotopic (exact) mass is 291 g/mol. The minimum absolute atomic E-state index is 0.0168. The van der Waals surface area contributed by atoms with Crippen LogP contribution in [0.3, 0.4) is 0 Å². The van der Waals surface area contributed by atoms with Gasteiger partial charge in [-0.15, -0.1) is 0 Å². The molecule has 2 heterocycles. The standard InChI is InChI=1S/C15H17NO5/c1-9(15(18)19)10-7-16(8-10)14(17)11-3-2-4-12-13(11)21-6-5-20-12/h2-4,9-10H,5-8H2,1H3,(H,18,19). The molecule has 1 aromatic carbocycles. The molecule has 0 aliphatic carbocycles. The zero-order valence-electron chi connectivity index (χ0n) is 11.7. The number of hydrogen-bond acceptors (Lipinski definition) is 4. The van der Waals surface area contributed by atoms with E-state index in [0.29, 0.717) is 43.4 Å². The molecule has 2 aliphatic heterocycles. The fourth-order valence-electron chi connectivity index (χ4n) is 2.61. The van der Waals surface area contributed by atoms with Crippen LogP contribution in [-0.4, -0.2) is 48.2 Å². The summed E-state index contributed by atoms with van der Waals surface area (Å²) in [4.78, 5) is 25.1. The third-order valence-electron chi connectivity index (χ3n) is 4.09. The number of carboxylic acid groups (broad SMARTS) is 1. The molecule has 1 atom stereocenters. The van der Waals surface area contributed by atoms with Crippen LogP contribution in [0, 0.1) is 11.8 Å². The molecule has 0 radical (unpaired) electrons. The first kappa shape index (κ1) is 13.7. The van der Waals surface area contributed by atoms with Crippen LogP contribution in [0.5, 0.6) is 11.5 Å². The summed E-state index contributed by atoms with van der Waals surface area (Å²) in [7, 11) is 0. The average Bonchev–Trinajstić information content (AvgIpc) is 2.44. The fourth-order valence-corrected chi connectivity index (χ4v) is 2.61. The maximum absolute atomic E-state index is 12.5. The van der Waals surface area contributed by atoms with E-state index in [1.165, 1.54) is 0 Å². The van der Waals surface area contributed by atoms with E-state index in [1.807, 2.05) is 0 Å². The number of benzene rings is 1. The van der Waals surface area contributed by atoms with Crippen LogP contribution < -0.4 is 9.47 Å². The van der Waals surface area contributed by atoms with Gasteiger partial charge in [0.2, 0.25) is 0 Å². The van der Waals surface area contributed by atoms with E-state index in [-0.39, 0.29) is 11.8 Å². The van der Waals surface area contributed by atoms with Gasteiger partial charge in [0.05, 0.1) is 11.5 Å². The number of carboxylic acids is 1. The normalized spacial score (nSPS) is 18.8. The molecule has 3 rings (SSSR count). The van der Waals surface area contributed by atoms with Crippen LogP contribution in [0.2, 0.25) is 0 Å². The van der Waals surface area contributed by atoms with Crippen molar-refractivity contribution in [3.8, 4) is 11.5 Å². The largest absolute Gasteiger partial charge is 0.486 e. The number of para-hydroxylation sites is 1. The number of carbonyl (C=O) groups is 2. The van der Waals surface area contributed by atoms with E-state index < -0.39 is 11.9 Å². The number of aliphatic carboxylic acids is 1. The van der Waals surface area contributed by atoms with E-state index in [0.717, 1.165) is 0 Å². The minimum atomic E-state index is -0.819. The maximum atomic E-state index is 12.5. The molecule has 0 saturated carbocycles. The van der Waals surface area contributed by atoms with Crippen molar-refractivity contribution >= 4 is 11.9 Å². The van der Waals surface area contributed by atoms with Gasteiger partial charge >= 0.3 is 5.97 Å². The Morgan fingerprint density at radius 3 is 2.71 bits per heavy atom. The minimum Gasteiger partial charge on any atom is -0.486 e. The van der Waals surface area contributed by atoms with Gasteiger partial charge in [0.15, 0.2) is 11.5 Å². The third-order valence-corrected chi connectivity index (χ3v) is 4.09. The first-order valence-electron chi connectivity index (χ1n) is 6.98. The number of rotatable bonds is 3. The Balaban J connectivity index is 1.72. The lowest BCUT2D eigenvalue weighted by molar-refractivity contribution is -0.144. The van der Waals surface area contributed by atoms with Crippen molar-refractivity contribution in [2.45, 2.75) is 6.92 Å². The van der Waals surface area contributed by atoms with Gasteiger partial charge in [-0.05, 0) is 12.1 Å². The Morgan fingerprint density at radius 1 is 1.29 bits per heavy atom. The maximum Gasteiger partial charge on any atom is 0.306 e. The van der Waals surface area contributed by atoms with E-state index >= 15 is 0 Å². The molecule has 1 aromatic rings. The molecular weight excluding hydrogens is 274 g/mol. The summed E-state index contributed by atoms with van der Waals surface area (Å²) in [6.07, 6.45) is 0. The first-order chi connectivity index (χ1) is 10.1. The molecule has 1 saturated heterocycles. The van der Waals surface area contributed by atoms with Crippen molar-refractivity contribution in [3.63, 3.8) is 0 Å². The molecule has 1 fully saturated rings. The molecule has 2 aliphatic rings. The molecule has 6 heteroatoms. The Morgan fingerprint density at radius 2 is 2.00 bits per heavy atom. The Bertz CT molecular complexity index is 579. The number of likely N-dealkylation sites (tertiary alicyclic amines) is 1. The smallest absolute Gasteiger partial charge is 0.306 e. The number of carbonyl (C=O) groups excluding carboxylic acids is 1. The van der Waals surface area contributed by atoms with Gasteiger partial charge in [0.25, 0.3) is 5.91 Å². The molecule has 21 heavy (non-hydrogen) atoms. The van der Waals surface area contributed by atoms with Crippen LogP contribution in [0.25, 0.3) is 0 Å². The van der Waals surface area contributed by atoms with Crippen LogP contribution in [-0.2, 0) is 4.79 Å². The second-order valence-corrected chi connectivity index (χ2v) is 5.43. The highest BCUT2D eigenvalue weighted by Gasteiger charge is 2.38. The average molecular weight is 291 g/mol. The summed E-state index contributed by atoms with van der Waals surface area (Å²) in [6, 6.07) is 5.25. The molecule has 0 spiro atoms. The molecular formula is C15H17NO5. The Hall–Kier alpha value is -2.24. The lowest BCUT2D eigenvalue weighted by atomic mass is 9.86. The van der Waals surface area contributed by atoms with E-state index in [9.17, 15) is 9.59 Å². The highest BCUT2D eigenvalue weighted by molar-refractivity contribution is 5.98. The number of amides is 1. The topological polar surface area (TPSA) is 76.1 Å². The van der Waals surface area contributed by atoms with Crippen LogP contribution >= 0.6 is 0 Å². The molecule has 0 bridgehead atoms.